The van der Waals surface area contributed by atoms with Crippen molar-refractivity contribution in [2.75, 3.05) is 6.61 Å². The van der Waals surface area contributed by atoms with Crippen molar-refractivity contribution in [3.8, 4) is 0 Å². The minimum atomic E-state index is -0.255. The maximum absolute atomic E-state index is 12.4. The lowest BCUT2D eigenvalue weighted by Gasteiger charge is -2.22. The van der Waals surface area contributed by atoms with Gasteiger partial charge in [0.1, 0.15) is 0 Å². The second-order valence-electron chi connectivity index (χ2n) is 5.69. The van der Waals surface area contributed by atoms with E-state index in [1.54, 1.807) is 6.07 Å². The molecule has 0 aliphatic carbocycles. The van der Waals surface area contributed by atoms with Gasteiger partial charge < -0.3 is 15.7 Å². The quantitative estimate of drug-likeness (QED) is 0.703. The summed E-state index contributed by atoms with van der Waals surface area (Å²) < 4.78 is 0. The normalized spacial score (nSPS) is 13.1. The van der Waals surface area contributed by atoms with E-state index in [0.717, 1.165) is 11.1 Å². The van der Waals surface area contributed by atoms with Crippen LogP contribution in [-0.4, -0.2) is 17.7 Å². The summed E-state index contributed by atoms with van der Waals surface area (Å²) in [4.78, 5) is 12.4. The summed E-state index contributed by atoms with van der Waals surface area (Å²) in [6.07, 6.45) is 1.30. The van der Waals surface area contributed by atoms with Gasteiger partial charge in [-0.05, 0) is 37.0 Å². The third-order valence-electron chi connectivity index (χ3n) is 3.88. The second kappa shape index (κ2) is 9.30. The van der Waals surface area contributed by atoms with Gasteiger partial charge in [-0.15, -0.1) is 0 Å². The summed E-state index contributed by atoms with van der Waals surface area (Å²) in [5.41, 5.74) is 1.90. The second-order valence-corrected chi connectivity index (χ2v) is 6.10. The van der Waals surface area contributed by atoms with Gasteiger partial charge in [0, 0.05) is 11.6 Å². The molecule has 2 rings (SSSR count). The van der Waals surface area contributed by atoms with E-state index >= 15 is 0 Å². The minimum absolute atomic E-state index is 0.0999. The van der Waals surface area contributed by atoms with Gasteiger partial charge in [-0.2, -0.15) is 0 Å². The molecule has 0 aliphatic rings. The Balaban J connectivity index is 2.01. The number of benzene rings is 2. The van der Waals surface area contributed by atoms with Gasteiger partial charge >= 0.3 is 6.03 Å². The summed E-state index contributed by atoms with van der Waals surface area (Å²) in [7, 11) is 0. The maximum atomic E-state index is 12.4. The van der Waals surface area contributed by atoms with Crippen LogP contribution >= 0.6 is 11.6 Å². The average Bonchev–Trinajstić information content (AvgIpc) is 2.59. The molecule has 4 nitrogen and oxygen atoms in total. The topological polar surface area (TPSA) is 61.4 Å². The van der Waals surface area contributed by atoms with Crippen molar-refractivity contribution in [1.29, 1.82) is 0 Å². The van der Waals surface area contributed by atoms with Crippen molar-refractivity contribution < 1.29 is 9.90 Å². The summed E-state index contributed by atoms with van der Waals surface area (Å²) >= 11 is 6.17. The van der Waals surface area contributed by atoms with Gasteiger partial charge in [0.05, 0.1) is 12.1 Å². The number of hydrogen-bond acceptors (Lipinski definition) is 2. The highest BCUT2D eigenvalue weighted by molar-refractivity contribution is 6.31. The zero-order valence-electron chi connectivity index (χ0n) is 13.7. The van der Waals surface area contributed by atoms with E-state index in [4.69, 9.17) is 16.7 Å². The van der Waals surface area contributed by atoms with Crippen LogP contribution in [0.1, 0.15) is 43.0 Å². The van der Waals surface area contributed by atoms with Gasteiger partial charge in [-0.3, -0.25) is 0 Å². The lowest BCUT2D eigenvalue weighted by Crippen LogP contribution is -2.39. The third-order valence-corrected chi connectivity index (χ3v) is 4.22. The first kappa shape index (κ1) is 18.3. The maximum Gasteiger partial charge on any atom is 0.315 e. The number of aliphatic hydroxyl groups excluding tert-OH is 1. The van der Waals surface area contributed by atoms with Crippen molar-refractivity contribution in [3.63, 3.8) is 0 Å². The molecule has 0 radical (unpaired) electrons. The Hall–Kier alpha value is -2.04. The highest BCUT2D eigenvalue weighted by Gasteiger charge is 2.17. The molecule has 24 heavy (non-hydrogen) atoms. The van der Waals surface area contributed by atoms with Crippen LogP contribution in [0.3, 0.4) is 0 Å². The molecule has 0 spiro atoms. The van der Waals surface area contributed by atoms with Crippen LogP contribution in [0.2, 0.25) is 5.02 Å². The highest BCUT2D eigenvalue weighted by Crippen LogP contribution is 2.22. The molecule has 2 unspecified atom stereocenters. The lowest BCUT2D eigenvalue weighted by atomic mass is 10.0. The van der Waals surface area contributed by atoms with Crippen LogP contribution in [0.4, 0.5) is 4.79 Å². The molecule has 0 aromatic heterocycles. The van der Waals surface area contributed by atoms with Crippen LogP contribution in [0.25, 0.3) is 0 Å². The molecule has 2 amide bonds. The molecule has 0 bridgehead atoms. The molecule has 3 N–H and O–H groups in total. The lowest BCUT2D eigenvalue weighted by molar-refractivity contribution is 0.230. The molecular weight excluding hydrogens is 324 g/mol. The predicted molar refractivity (Wildman–Crippen MR) is 97.0 cm³/mol. The fourth-order valence-electron chi connectivity index (χ4n) is 2.60. The number of amides is 2. The van der Waals surface area contributed by atoms with Gasteiger partial charge in [-0.25, -0.2) is 4.79 Å². The number of nitrogens with one attached hydrogen (secondary N) is 2. The predicted octanol–water partition coefficient (Wildman–Crippen LogP) is 4.21. The third kappa shape index (κ3) is 5.25. The van der Waals surface area contributed by atoms with Crippen molar-refractivity contribution in [1.82, 2.24) is 10.6 Å². The molecule has 2 aromatic carbocycles. The largest absolute Gasteiger partial charge is 0.396 e. The fraction of sp³-hybridized carbons (Fsp3) is 0.316. The molecular formula is C19H23ClN2O2. The molecule has 0 fully saturated rings. The molecule has 128 valence electrons. The Morgan fingerprint density at radius 2 is 1.75 bits per heavy atom. The molecule has 0 saturated heterocycles. The van der Waals surface area contributed by atoms with Gasteiger partial charge in [-0.1, -0.05) is 60.1 Å². The van der Waals surface area contributed by atoms with Crippen LogP contribution in [-0.2, 0) is 0 Å². The Bertz CT molecular complexity index is 649. The molecule has 0 saturated carbocycles. The molecule has 0 aliphatic heterocycles. The highest BCUT2D eigenvalue weighted by atomic mass is 35.5. The van der Waals surface area contributed by atoms with Crippen molar-refractivity contribution in [2.45, 2.75) is 31.8 Å². The number of hydrogen-bond donors (Lipinski definition) is 3. The van der Waals surface area contributed by atoms with Crippen molar-refractivity contribution >= 4 is 17.6 Å². The number of carbonyl (C=O) groups excluding carboxylic acids is 1. The first-order valence-corrected chi connectivity index (χ1v) is 8.47. The molecule has 0 heterocycles. The van der Waals surface area contributed by atoms with Crippen LogP contribution in [0, 0.1) is 0 Å². The number of carbonyl (C=O) groups is 1. The number of aliphatic hydroxyl groups is 1. The summed E-state index contributed by atoms with van der Waals surface area (Å²) in [6, 6.07) is 16.6. The van der Waals surface area contributed by atoms with E-state index < -0.39 is 0 Å². The summed E-state index contributed by atoms with van der Waals surface area (Å²) in [5.74, 6) is 0. The van der Waals surface area contributed by atoms with Gasteiger partial charge in [0.25, 0.3) is 0 Å². The number of halogens is 1. The molecule has 2 atom stereocenters. The van der Waals surface area contributed by atoms with E-state index in [1.807, 2.05) is 55.5 Å². The summed E-state index contributed by atoms with van der Waals surface area (Å²) in [6.45, 7) is 1.99. The van der Waals surface area contributed by atoms with E-state index in [0.29, 0.717) is 17.9 Å². The Morgan fingerprint density at radius 1 is 1.08 bits per heavy atom. The zero-order valence-corrected chi connectivity index (χ0v) is 14.5. The Kier molecular flexibility index (Phi) is 7.09. The first-order chi connectivity index (χ1) is 11.6. The van der Waals surface area contributed by atoms with E-state index in [-0.39, 0.29) is 24.7 Å². The van der Waals surface area contributed by atoms with Crippen molar-refractivity contribution in [3.05, 3.63) is 70.7 Å². The Morgan fingerprint density at radius 3 is 2.42 bits per heavy atom. The van der Waals surface area contributed by atoms with E-state index in [9.17, 15) is 4.79 Å². The van der Waals surface area contributed by atoms with Crippen LogP contribution < -0.4 is 10.6 Å². The molecule has 5 heteroatoms. The number of rotatable bonds is 7. The van der Waals surface area contributed by atoms with Gasteiger partial charge in [0.2, 0.25) is 0 Å². The average molecular weight is 347 g/mol. The smallest absolute Gasteiger partial charge is 0.315 e. The monoisotopic (exact) mass is 346 g/mol. The summed E-state index contributed by atoms with van der Waals surface area (Å²) in [5, 5.41) is 15.6. The minimum Gasteiger partial charge on any atom is -0.396 e. The van der Waals surface area contributed by atoms with Crippen LogP contribution in [0.5, 0.6) is 0 Å². The van der Waals surface area contributed by atoms with Gasteiger partial charge in [0.15, 0.2) is 0 Å². The first-order valence-electron chi connectivity index (χ1n) is 8.09. The standard InChI is InChI=1S/C19H23ClN2O2/c1-14(16-10-5-6-11-17(16)20)21-19(24)22-18(12-7-13-23)15-8-3-2-4-9-15/h2-6,8-11,14,18,23H,7,12-13H2,1H3,(H2,21,22,24). The number of urea groups is 1. The van der Waals surface area contributed by atoms with Crippen molar-refractivity contribution in [2.24, 2.45) is 0 Å². The van der Waals surface area contributed by atoms with E-state index in [1.165, 1.54) is 0 Å². The molecule has 2 aromatic rings. The zero-order chi connectivity index (χ0) is 17.4. The SMILES string of the molecule is CC(NC(=O)NC(CCCO)c1ccccc1)c1ccccc1Cl. The Labute approximate surface area is 147 Å². The van der Waals surface area contributed by atoms with Crippen LogP contribution in [0.15, 0.2) is 54.6 Å². The van der Waals surface area contributed by atoms with E-state index in [2.05, 4.69) is 10.6 Å². The fourth-order valence-corrected chi connectivity index (χ4v) is 2.90.